The lowest BCUT2D eigenvalue weighted by molar-refractivity contribution is -0.155. The minimum Gasteiger partial charge on any atom is -0.469 e. The van der Waals surface area contributed by atoms with Crippen molar-refractivity contribution in [3.05, 3.63) is 10.4 Å². The number of methoxy groups -OCH3 is 1. The molecule has 0 atom stereocenters. The average Bonchev–Trinajstić information content (AvgIpc) is 2.29. The van der Waals surface area contributed by atoms with Crippen LogP contribution in [0, 0.1) is 5.41 Å². The Balaban J connectivity index is 2.66. The maximum Gasteiger partial charge on any atom is 0.311 e. The molecule has 15 heavy (non-hydrogen) atoms. The lowest BCUT2D eigenvalue weighted by Gasteiger charge is -2.34. The van der Waals surface area contributed by atoms with E-state index >= 15 is 0 Å². The molecule has 1 rings (SSSR count). The standard InChI is InChI=1S/C10H17N3O2/c1-15-9(14)10(7-8-12-13-11)5-3-2-4-6-10/h2-8H2,1H3. The van der Waals surface area contributed by atoms with Crippen LogP contribution in [0.1, 0.15) is 38.5 Å². The second-order valence-corrected chi connectivity index (χ2v) is 4.04. The molecule has 1 aliphatic rings. The Kier molecular flexibility index (Phi) is 4.43. The normalized spacial score (nSPS) is 19.0. The molecule has 0 aromatic carbocycles. The zero-order valence-corrected chi connectivity index (χ0v) is 9.11. The topological polar surface area (TPSA) is 75.1 Å². The quantitative estimate of drug-likeness (QED) is 0.310. The molecule has 0 heterocycles. The molecule has 0 amide bonds. The number of nitrogens with zero attached hydrogens (tertiary/aromatic N) is 3. The van der Waals surface area contributed by atoms with Gasteiger partial charge >= 0.3 is 5.97 Å². The zero-order valence-electron chi connectivity index (χ0n) is 9.11. The van der Waals surface area contributed by atoms with Gasteiger partial charge in [-0.3, -0.25) is 4.79 Å². The Morgan fingerprint density at radius 1 is 1.47 bits per heavy atom. The highest BCUT2D eigenvalue weighted by atomic mass is 16.5. The largest absolute Gasteiger partial charge is 0.469 e. The molecule has 0 saturated heterocycles. The van der Waals surface area contributed by atoms with E-state index in [0.717, 1.165) is 25.7 Å². The maximum absolute atomic E-state index is 11.7. The van der Waals surface area contributed by atoms with Crippen molar-refractivity contribution in [1.29, 1.82) is 0 Å². The molecule has 0 aromatic rings. The van der Waals surface area contributed by atoms with E-state index in [1.165, 1.54) is 13.5 Å². The van der Waals surface area contributed by atoms with Crippen LogP contribution in [0.15, 0.2) is 5.11 Å². The molecular weight excluding hydrogens is 194 g/mol. The van der Waals surface area contributed by atoms with Gasteiger partial charge in [-0.05, 0) is 24.8 Å². The Hall–Kier alpha value is -1.22. The van der Waals surface area contributed by atoms with Gasteiger partial charge in [-0.1, -0.05) is 24.4 Å². The van der Waals surface area contributed by atoms with Gasteiger partial charge in [-0.15, -0.1) is 0 Å². The molecule has 1 aliphatic carbocycles. The Morgan fingerprint density at radius 2 is 2.13 bits per heavy atom. The third-order valence-electron chi connectivity index (χ3n) is 3.18. The van der Waals surface area contributed by atoms with E-state index in [0.29, 0.717) is 13.0 Å². The lowest BCUT2D eigenvalue weighted by atomic mass is 9.72. The molecule has 5 nitrogen and oxygen atoms in total. The first kappa shape index (κ1) is 11.9. The van der Waals surface area contributed by atoms with Crippen LogP contribution in [-0.4, -0.2) is 19.6 Å². The Bertz CT molecular complexity index is 266. The first-order valence-corrected chi connectivity index (χ1v) is 5.34. The van der Waals surface area contributed by atoms with Gasteiger partial charge in [0.25, 0.3) is 0 Å². The van der Waals surface area contributed by atoms with E-state index in [-0.39, 0.29) is 11.4 Å². The van der Waals surface area contributed by atoms with Crippen LogP contribution in [0.3, 0.4) is 0 Å². The SMILES string of the molecule is COC(=O)C1(CCN=[N+]=[N-])CCCCC1. The van der Waals surface area contributed by atoms with Crippen LogP contribution in [0.25, 0.3) is 10.4 Å². The van der Waals surface area contributed by atoms with E-state index in [4.69, 9.17) is 10.3 Å². The Morgan fingerprint density at radius 3 is 2.67 bits per heavy atom. The summed E-state index contributed by atoms with van der Waals surface area (Å²) >= 11 is 0. The molecule has 0 unspecified atom stereocenters. The predicted octanol–water partition coefficient (Wildman–Crippen LogP) is 2.81. The summed E-state index contributed by atoms with van der Waals surface area (Å²) in [5.41, 5.74) is 7.83. The van der Waals surface area contributed by atoms with Gasteiger partial charge in [-0.2, -0.15) is 0 Å². The van der Waals surface area contributed by atoms with Gasteiger partial charge in [0.1, 0.15) is 0 Å². The predicted molar refractivity (Wildman–Crippen MR) is 56.2 cm³/mol. The van der Waals surface area contributed by atoms with Crippen molar-refractivity contribution >= 4 is 5.97 Å². The van der Waals surface area contributed by atoms with Gasteiger partial charge in [0.2, 0.25) is 0 Å². The molecule has 84 valence electrons. The van der Waals surface area contributed by atoms with E-state index in [9.17, 15) is 4.79 Å². The van der Waals surface area contributed by atoms with Crippen molar-refractivity contribution in [3.8, 4) is 0 Å². The zero-order chi connectivity index (χ0) is 11.1. The average molecular weight is 211 g/mol. The molecule has 0 aromatic heterocycles. The number of carbonyl (C=O) groups is 1. The molecule has 0 radical (unpaired) electrons. The summed E-state index contributed by atoms with van der Waals surface area (Å²) in [4.78, 5) is 14.4. The lowest BCUT2D eigenvalue weighted by Crippen LogP contribution is -2.35. The maximum atomic E-state index is 11.7. The highest BCUT2D eigenvalue weighted by molar-refractivity contribution is 5.76. The van der Waals surface area contributed by atoms with E-state index in [1.807, 2.05) is 0 Å². The molecule has 1 saturated carbocycles. The first-order chi connectivity index (χ1) is 7.25. The molecule has 0 aliphatic heterocycles. The van der Waals surface area contributed by atoms with Gasteiger partial charge in [0, 0.05) is 11.5 Å². The van der Waals surface area contributed by atoms with Crippen molar-refractivity contribution in [2.24, 2.45) is 10.5 Å². The summed E-state index contributed by atoms with van der Waals surface area (Å²) in [7, 11) is 1.42. The number of ether oxygens (including phenoxy) is 1. The highest BCUT2D eigenvalue weighted by Crippen LogP contribution is 2.40. The summed E-state index contributed by atoms with van der Waals surface area (Å²) in [5, 5.41) is 3.50. The third-order valence-corrected chi connectivity index (χ3v) is 3.18. The minimum atomic E-state index is -0.388. The molecule has 0 bridgehead atoms. The number of carbonyl (C=O) groups excluding carboxylic acids is 1. The number of hydrogen-bond donors (Lipinski definition) is 0. The molecular formula is C10H17N3O2. The van der Waals surface area contributed by atoms with Crippen molar-refractivity contribution in [2.45, 2.75) is 38.5 Å². The first-order valence-electron chi connectivity index (χ1n) is 5.34. The monoisotopic (exact) mass is 211 g/mol. The summed E-state index contributed by atoms with van der Waals surface area (Å²) in [6, 6.07) is 0. The molecule has 1 fully saturated rings. The molecule has 0 spiro atoms. The third kappa shape index (κ3) is 2.86. The van der Waals surface area contributed by atoms with Crippen molar-refractivity contribution in [3.63, 3.8) is 0 Å². The van der Waals surface area contributed by atoms with Crippen LogP contribution in [0.4, 0.5) is 0 Å². The summed E-state index contributed by atoms with van der Waals surface area (Å²) < 4.78 is 4.85. The van der Waals surface area contributed by atoms with E-state index < -0.39 is 0 Å². The van der Waals surface area contributed by atoms with Crippen molar-refractivity contribution in [1.82, 2.24) is 0 Å². The van der Waals surface area contributed by atoms with Gasteiger partial charge in [-0.25, -0.2) is 0 Å². The summed E-state index contributed by atoms with van der Waals surface area (Å²) in [6.45, 7) is 0.381. The van der Waals surface area contributed by atoms with Gasteiger partial charge in [0.05, 0.1) is 12.5 Å². The van der Waals surface area contributed by atoms with Crippen LogP contribution < -0.4 is 0 Å². The number of hydrogen-bond acceptors (Lipinski definition) is 3. The van der Waals surface area contributed by atoms with E-state index in [1.54, 1.807) is 0 Å². The van der Waals surface area contributed by atoms with Crippen LogP contribution >= 0.6 is 0 Å². The van der Waals surface area contributed by atoms with Crippen LogP contribution in [0.5, 0.6) is 0 Å². The number of azide groups is 1. The molecule has 0 N–H and O–H groups in total. The van der Waals surface area contributed by atoms with Crippen molar-refractivity contribution in [2.75, 3.05) is 13.7 Å². The fraction of sp³-hybridized carbons (Fsp3) is 0.900. The number of rotatable bonds is 4. The number of esters is 1. The second kappa shape index (κ2) is 5.61. The van der Waals surface area contributed by atoms with Gasteiger partial charge in [0.15, 0.2) is 0 Å². The van der Waals surface area contributed by atoms with E-state index in [2.05, 4.69) is 10.0 Å². The highest BCUT2D eigenvalue weighted by Gasteiger charge is 2.39. The van der Waals surface area contributed by atoms with Crippen LogP contribution in [0.2, 0.25) is 0 Å². The second-order valence-electron chi connectivity index (χ2n) is 4.04. The minimum absolute atomic E-state index is 0.143. The van der Waals surface area contributed by atoms with Gasteiger partial charge < -0.3 is 4.74 Å². The fourth-order valence-corrected chi connectivity index (χ4v) is 2.31. The fourth-order valence-electron chi connectivity index (χ4n) is 2.31. The summed E-state index contributed by atoms with van der Waals surface area (Å²) in [5.74, 6) is -0.143. The Labute approximate surface area is 89.4 Å². The van der Waals surface area contributed by atoms with Crippen molar-refractivity contribution < 1.29 is 9.53 Å². The summed E-state index contributed by atoms with van der Waals surface area (Å²) in [6.07, 6.45) is 5.64. The van der Waals surface area contributed by atoms with Crippen LogP contribution in [-0.2, 0) is 9.53 Å². The molecule has 5 heteroatoms. The smallest absolute Gasteiger partial charge is 0.311 e.